The Morgan fingerprint density at radius 3 is 3.00 bits per heavy atom. The average Bonchev–Trinajstić information content (AvgIpc) is 2.82. The van der Waals surface area contributed by atoms with Crippen molar-refractivity contribution in [3.63, 3.8) is 0 Å². The molecule has 0 saturated heterocycles. The van der Waals surface area contributed by atoms with Crippen LogP contribution in [0.5, 0.6) is 0 Å². The summed E-state index contributed by atoms with van der Waals surface area (Å²) in [6.07, 6.45) is 3.56. The first-order valence-corrected chi connectivity index (χ1v) is 5.57. The Hall–Kier alpha value is -1.68. The Labute approximate surface area is 90.8 Å². The van der Waals surface area contributed by atoms with E-state index in [9.17, 15) is 0 Å². The number of aryl methyl sites for hydroxylation is 1. The molecule has 0 aliphatic rings. The molecule has 0 aliphatic carbocycles. The van der Waals surface area contributed by atoms with E-state index in [4.69, 9.17) is 0 Å². The predicted octanol–water partition coefficient (Wildman–Crippen LogP) is 2.99. The molecule has 0 amide bonds. The molecular formula is C11H9N3S. The Kier molecular flexibility index (Phi) is 1.82. The van der Waals surface area contributed by atoms with Gasteiger partial charge in [-0.05, 0) is 24.4 Å². The van der Waals surface area contributed by atoms with Crippen molar-refractivity contribution in [3.8, 4) is 11.4 Å². The van der Waals surface area contributed by atoms with Gasteiger partial charge in [-0.2, -0.15) is 0 Å². The molecule has 0 fully saturated rings. The zero-order valence-electron chi connectivity index (χ0n) is 8.19. The first kappa shape index (κ1) is 8.61. The molecule has 0 unspecified atom stereocenters. The maximum absolute atomic E-state index is 4.53. The van der Waals surface area contributed by atoms with Gasteiger partial charge in [-0.3, -0.25) is 4.98 Å². The van der Waals surface area contributed by atoms with Crippen molar-refractivity contribution in [1.82, 2.24) is 15.0 Å². The third-order valence-electron chi connectivity index (χ3n) is 2.40. The van der Waals surface area contributed by atoms with E-state index < -0.39 is 0 Å². The zero-order chi connectivity index (χ0) is 10.3. The summed E-state index contributed by atoms with van der Waals surface area (Å²) in [4.78, 5) is 13.1. The van der Waals surface area contributed by atoms with Gasteiger partial charge in [-0.15, -0.1) is 11.3 Å². The van der Waals surface area contributed by atoms with Gasteiger partial charge in [0.1, 0.15) is 5.82 Å². The topological polar surface area (TPSA) is 41.6 Å². The van der Waals surface area contributed by atoms with E-state index in [-0.39, 0.29) is 0 Å². The number of thiophene rings is 1. The van der Waals surface area contributed by atoms with Gasteiger partial charge >= 0.3 is 0 Å². The number of imidazole rings is 1. The number of nitrogens with one attached hydrogen (secondary N) is 1. The highest BCUT2D eigenvalue weighted by Crippen LogP contribution is 2.26. The van der Waals surface area contributed by atoms with E-state index in [1.54, 1.807) is 23.7 Å². The van der Waals surface area contributed by atoms with Crippen LogP contribution < -0.4 is 0 Å². The number of hydrogen-bond donors (Lipinski definition) is 1. The van der Waals surface area contributed by atoms with Crippen molar-refractivity contribution >= 4 is 22.4 Å². The number of fused-ring (bicyclic) bond motifs is 1. The molecule has 74 valence electrons. The largest absolute Gasteiger partial charge is 0.337 e. The van der Waals surface area contributed by atoms with Gasteiger partial charge in [-0.1, -0.05) is 0 Å². The van der Waals surface area contributed by atoms with Gasteiger partial charge in [0.25, 0.3) is 0 Å². The lowest BCUT2D eigenvalue weighted by atomic mass is 10.2. The minimum absolute atomic E-state index is 0.928. The normalized spacial score (nSPS) is 11.0. The molecule has 0 radical (unpaired) electrons. The van der Waals surface area contributed by atoms with Crippen molar-refractivity contribution in [2.75, 3.05) is 0 Å². The molecule has 0 atom stereocenters. The maximum atomic E-state index is 4.53. The summed E-state index contributed by atoms with van der Waals surface area (Å²) in [6, 6.07) is 4.00. The fourth-order valence-corrected chi connectivity index (χ4v) is 2.32. The van der Waals surface area contributed by atoms with Crippen molar-refractivity contribution in [1.29, 1.82) is 0 Å². The zero-order valence-corrected chi connectivity index (χ0v) is 9.01. The number of H-pyrrole nitrogens is 1. The summed E-state index contributed by atoms with van der Waals surface area (Å²) < 4.78 is 0. The summed E-state index contributed by atoms with van der Waals surface area (Å²) in [5.74, 6) is 0.928. The number of rotatable bonds is 1. The number of hydrogen-bond acceptors (Lipinski definition) is 3. The molecule has 3 rings (SSSR count). The van der Waals surface area contributed by atoms with Gasteiger partial charge < -0.3 is 4.98 Å². The molecule has 0 aliphatic heterocycles. The number of aromatic amines is 1. The lowest BCUT2D eigenvalue weighted by Gasteiger charge is -1.91. The summed E-state index contributed by atoms with van der Waals surface area (Å²) in [7, 11) is 0. The van der Waals surface area contributed by atoms with Crippen LogP contribution in [0.4, 0.5) is 0 Å². The standard InChI is InChI=1S/C11H9N3S/c1-7-8(3-5-15-7)11-13-9-2-4-12-6-10(9)14-11/h2-6H,1H3,(H,13,14). The minimum atomic E-state index is 0.928. The molecule has 0 bridgehead atoms. The van der Waals surface area contributed by atoms with Crippen molar-refractivity contribution in [2.24, 2.45) is 0 Å². The third kappa shape index (κ3) is 1.34. The van der Waals surface area contributed by atoms with Crippen LogP contribution in [-0.2, 0) is 0 Å². The highest BCUT2D eigenvalue weighted by molar-refractivity contribution is 7.10. The van der Waals surface area contributed by atoms with E-state index in [1.807, 2.05) is 6.07 Å². The number of aromatic nitrogens is 3. The van der Waals surface area contributed by atoms with Crippen LogP contribution in [0.25, 0.3) is 22.4 Å². The Morgan fingerprint density at radius 1 is 1.33 bits per heavy atom. The molecule has 3 aromatic rings. The van der Waals surface area contributed by atoms with E-state index in [1.165, 1.54) is 10.4 Å². The Morgan fingerprint density at radius 2 is 2.27 bits per heavy atom. The maximum Gasteiger partial charge on any atom is 0.139 e. The number of pyridine rings is 1. The van der Waals surface area contributed by atoms with E-state index >= 15 is 0 Å². The highest BCUT2D eigenvalue weighted by Gasteiger charge is 2.07. The summed E-state index contributed by atoms with van der Waals surface area (Å²) in [5, 5.41) is 2.08. The lowest BCUT2D eigenvalue weighted by Crippen LogP contribution is -1.78. The molecule has 0 saturated carbocycles. The van der Waals surface area contributed by atoms with Crippen LogP contribution in [0.2, 0.25) is 0 Å². The van der Waals surface area contributed by atoms with E-state index in [2.05, 4.69) is 33.3 Å². The lowest BCUT2D eigenvalue weighted by molar-refractivity contribution is 1.32. The van der Waals surface area contributed by atoms with E-state index in [0.29, 0.717) is 0 Å². The molecule has 3 heterocycles. The molecule has 3 aromatic heterocycles. The minimum Gasteiger partial charge on any atom is -0.337 e. The molecular weight excluding hydrogens is 206 g/mol. The van der Waals surface area contributed by atoms with Crippen LogP contribution in [0.15, 0.2) is 29.9 Å². The summed E-state index contributed by atoms with van der Waals surface area (Å²) in [5.41, 5.74) is 3.12. The second-order valence-corrected chi connectivity index (χ2v) is 4.49. The van der Waals surface area contributed by atoms with Gasteiger partial charge in [0.05, 0.1) is 17.2 Å². The number of nitrogens with zero attached hydrogens (tertiary/aromatic N) is 2. The van der Waals surface area contributed by atoms with Gasteiger partial charge in [0, 0.05) is 16.6 Å². The first-order chi connectivity index (χ1) is 7.34. The van der Waals surface area contributed by atoms with Crippen molar-refractivity contribution < 1.29 is 0 Å². The summed E-state index contributed by atoms with van der Waals surface area (Å²) in [6.45, 7) is 2.10. The molecule has 3 nitrogen and oxygen atoms in total. The molecule has 15 heavy (non-hydrogen) atoms. The quantitative estimate of drug-likeness (QED) is 0.678. The fraction of sp³-hybridized carbons (Fsp3) is 0.0909. The van der Waals surface area contributed by atoms with Crippen LogP contribution in [-0.4, -0.2) is 15.0 Å². The summed E-state index contributed by atoms with van der Waals surface area (Å²) >= 11 is 1.73. The highest BCUT2D eigenvalue weighted by atomic mass is 32.1. The molecule has 0 spiro atoms. The average molecular weight is 215 g/mol. The van der Waals surface area contributed by atoms with Crippen LogP contribution in [0.3, 0.4) is 0 Å². The molecule has 0 aromatic carbocycles. The Bertz CT molecular complexity index is 576. The monoisotopic (exact) mass is 215 g/mol. The first-order valence-electron chi connectivity index (χ1n) is 4.69. The van der Waals surface area contributed by atoms with E-state index in [0.717, 1.165) is 16.9 Å². The van der Waals surface area contributed by atoms with Gasteiger partial charge in [0.2, 0.25) is 0 Å². The SMILES string of the molecule is Cc1sccc1-c1nc2ccncc2[nH]1. The third-order valence-corrected chi connectivity index (χ3v) is 3.24. The van der Waals surface area contributed by atoms with Gasteiger partial charge in [-0.25, -0.2) is 4.98 Å². The van der Waals surface area contributed by atoms with Crippen LogP contribution in [0.1, 0.15) is 4.88 Å². The second-order valence-electron chi connectivity index (χ2n) is 3.37. The van der Waals surface area contributed by atoms with Crippen LogP contribution in [0, 0.1) is 6.92 Å². The predicted molar refractivity (Wildman–Crippen MR) is 61.9 cm³/mol. The second kappa shape index (κ2) is 3.17. The Balaban J connectivity index is 2.24. The molecule has 4 heteroatoms. The fourth-order valence-electron chi connectivity index (χ4n) is 1.62. The van der Waals surface area contributed by atoms with Crippen LogP contribution >= 0.6 is 11.3 Å². The van der Waals surface area contributed by atoms with Crippen molar-refractivity contribution in [2.45, 2.75) is 6.92 Å². The van der Waals surface area contributed by atoms with Gasteiger partial charge in [0.15, 0.2) is 0 Å². The molecule has 1 N–H and O–H groups in total. The smallest absolute Gasteiger partial charge is 0.139 e. The van der Waals surface area contributed by atoms with Crippen molar-refractivity contribution in [3.05, 3.63) is 34.8 Å².